The lowest BCUT2D eigenvalue weighted by molar-refractivity contribution is 0.0971. The van der Waals surface area contributed by atoms with Crippen LogP contribution in [0.1, 0.15) is 46.4 Å². The summed E-state index contributed by atoms with van der Waals surface area (Å²) in [6.45, 7) is 6.29. The standard InChI is InChI=1S/C26H28N2O2/c1-17-9-12-20(13-10-17)27-23-16-19(3)28(24-14-11-18(2)15-22(23)24)26(29)21-7-5-6-8-25(21)30-4/h5-15,19,23,27H,16H2,1-4H3/t19-,23+/m1/s1. The second-order valence-corrected chi connectivity index (χ2v) is 8.09. The van der Waals surface area contributed by atoms with Crippen molar-refractivity contribution in [1.82, 2.24) is 0 Å². The molecule has 4 heteroatoms. The lowest BCUT2D eigenvalue weighted by Gasteiger charge is -2.40. The van der Waals surface area contributed by atoms with Crippen LogP contribution in [0.25, 0.3) is 0 Å². The van der Waals surface area contributed by atoms with E-state index in [9.17, 15) is 4.79 Å². The summed E-state index contributed by atoms with van der Waals surface area (Å²) in [4.78, 5) is 15.5. The van der Waals surface area contributed by atoms with Crippen LogP contribution in [0.4, 0.5) is 11.4 Å². The number of methoxy groups -OCH3 is 1. The van der Waals surface area contributed by atoms with Crippen LogP contribution in [0.3, 0.4) is 0 Å². The summed E-state index contributed by atoms with van der Waals surface area (Å²) in [6, 6.07) is 22.4. The zero-order valence-corrected chi connectivity index (χ0v) is 18.0. The van der Waals surface area contributed by atoms with E-state index in [0.29, 0.717) is 11.3 Å². The topological polar surface area (TPSA) is 41.6 Å². The third-order valence-electron chi connectivity index (χ3n) is 5.78. The zero-order valence-electron chi connectivity index (χ0n) is 18.0. The molecule has 2 atom stereocenters. The van der Waals surface area contributed by atoms with E-state index < -0.39 is 0 Å². The fourth-order valence-electron chi connectivity index (χ4n) is 4.23. The van der Waals surface area contributed by atoms with Gasteiger partial charge in [-0.3, -0.25) is 4.79 Å². The molecule has 1 amide bonds. The second-order valence-electron chi connectivity index (χ2n) is 8.09. The highest BCUT2D eigenvalue weighted by Crippen LogP contribution is 2.40. The number of ether oxygens (including phenoxy) is 1. The summed E-state index contributed by atoms with van der Waals surface area (Å²) in [5.41, 5.74) is 6.21. The minimum absolute atomic E-state index is 0.0289. The zero-order chi connectivity index (χ0) is 21.3. The van der Waals surface area contributed by atoms with Gasteiger partial charge in [-0.05, 0) is 63.1 Å². The first-order valence-corrected chi connectivity index (χ1v) is 10.4. The van der Waals surface area contributed by atoms with Gasteiger partial charge in [0.1, 0.15) is 5.75 Å². The predicted molar refractivity (Wildman–Crippen MR) is 123 cm³/mol. The first-order valence-electron chi connectivity index (χ1n) is 10.4. The number of hydrogen-bond acceptors (Lipinski definition) is 3. The number of aryl methyl sites for hydroxylation is 2. The van der Waals surface area contributed by atoms with Gasteiger partial charge in [0.2, 0.25) is 0 Å². The van der Waals surface area contributed by atoms with Crippen molar-refractivity contribution >= 4 is 17.3 Å². The molecule has 0 aromatic heterocycles. The molecule has 3 aromatic carbocycles. The maximum atomic E-state index is 13.6. The Morgan fingerprint density at radius 2 is 1.70 bits per heavy atom. The van der Waals surface area contributed by atoms with E-state index in [0.717, 1.165) is 23.4 Å². The average molecular weight is 401 g/mol. The molecule has 0 unspecified atom stereocenters. The summed E-state index contributed by atoms with van der Waals surface area (Å²) in [6.07, 6.45) is 0.825. The number of para-hydroxylation sites is 1. The number of rotatable bonds is 4. The molecule has 4 rings (SSSR count). The van der Waals surface area contributed by atoms with Crippen LogP contribution in [0.5, 0.6) is 5.75 Å². The maximum absolute atomic E-state index is 13.6. The Morgan fingerprint density at radius 3 is 2.43 bits per heavy atom. The van der Waals surface area contributed by atoms with Gasteiger partial charge in [-0.15, -0.1) is 0 Å². The predicted octanol–water partition coefficient (Wildman–Crippen LogP) is 5.90. The molecule has 30 heavy (non-hydrogen) atoms. The van der Waals surface area contributed by atoms with Crippen LogP contribution < -0.4 is 15.0 Å². The molecule has 0 saturated heterocycles. The minimum Gasteiger partial charge on any atom is -0.496 e. The molecule has 1 aliphatic rings. The van der Waals surface area contributed by atoms with Crippen molar-refractivity contribution in [3.63, 3.8) is 0 Å². The third kappa shape index (κ3) is 3.78. The Balaban J connectivity index is 1.73. The van der Waals surface area contributed by atoms with Gasteiger partial charge in [-0.2, -0.15) is 0 Å². The van der Waals surface area contributed by atoms with Gasteiger partial charge < -0.3 is 15.0 Å². The summed E-state index contributed by atoms with van der Waals surface area (Å²) in [5, 5.41) is 3.68. The summed E-state index contributed by atoms with van der Waals surface area (Å²) >= 11 is 0. The van der Waals surface area contributed by atoms with Gasteiger partial charge in [0, 0.05) is 17.4 Å². The Morgan fingerprint density at radius 1 is 1.00 bits per heavy atom. The monoisotopic (exact) mass is 400 g/mol. The highest BCUT2D eigenvalue weighted by Gasteiger charge is 2.35. The summed E-state index contributed by atoms with van der Waals surface area (Å²) in [7, 11) is 1.60. The normalized spacial score (nSPS) is 17.9. The number of hydrogen-bond donors (Lipinski definition) is 1. The van der Waals surface area contributed by atoms with Crippen molar-refractivity contribution in [2.45, 2.75) is 39.3 Å². The van der Waals surface area contributed by atoms with Crippen molar-refractivity contribution in [2.75, 3.05) is 17.3 Å². The molecule has 0 radical (unpaired) electrons. The highest BCUT2D eigenvalue weighted by atomic mass is 16.5. The molecule has 154 valence electrons. The summed E-state index contributed by atoms with van der Waals surface area (Å²) < 4.78 is 5.45. The van der Waals surface area contributed by atoms with Crippen molar-refractivity contribution in [1.29, 1.82) is 0 Å². The molecular formula is C26H28N2O2. The number of benzene rings is 3. The van der Waals surface area contributed by atoms with Crippen LogP contribution in [-0.4, -0.2) is 19.1 Å². The lowest BCUT2D eigenvalue weighted by atomic mass is 9.89. The molecule has 1 heterocycles. The molecule has 0 aliphatic carbocycles. The van der Waals surface area contributed by atoms with Crippen LogP contribution >= 0.6 is 0 Å². The van der Waals surface area contributed by atoms with E-state index in [4.69, 9.17) is 4.74 Å². The van der Waals surface area contributed by atoms with Crippen LogP contribution in [0.2, 0.25) is 0 Å². The van der Waals surface area contributed by atoms with Crippen molar-refractivity contribution in [2.24, 2.45) is 0 Å². The minimum atomic E-state index is -0.0289. The Labute approximate surface area is 178 Å². The van der Waals surface area contributed by atoms with E-state index in [2.05, 4.69) is 68.6 Å². The van der Waals surface area contributed by atoms with E-state index >= 15 is 0 Å². The second kappa shape index (κ2) is 8.23. The summed E-state index contributed by atoms with van der Waals surface area (Å²) in [5.74, 6) is 0.571. The molecule has 0 spiro atoms. The van der Waals surface area contributed by atoms with Crippen LogP contribution in [0, 0.1) is 13.8 Å². The average Bonchev–Trinajstić information content (AvgIpc) is 2.75. The number of anilines is 2. The first kappa shape index (κ1) is 20.0. The van der Waals surface area contributed by atoms with Gasteiger partial charge in [0.25, 0.3) is 5.91 Å². The Hall–Kier alpha value is -3.27. The van der Waals surface area contributed by atoms with E-state index in [1.807, 2.05) is 29.2 Å². The van der Waals surface area contributed by atoms with Gasteiger partial charge in [0.05, 0.1) is 18.7 Å². The quantitative estimate of drug-likeness (QED) is 0.592. The van der Waals surface area contributed by atoms with Crippen LogP contribution in [0.15, 0.2) is 66.7 Å². The van der Waals surface area contributed by atoms with Gasteiger partial charge in [-0.25, -0.2) is 0 Å². The number of nitrogens with one attached hydrogen (secondary N) is 1. The molecule has 1 aliphatic heterocycles. The van der Waals surface area contributed by atoms with Gasteiger partial charge in [-0.1, -0.05) is 47.5 Å². The molecule has 1 N–H and O–H groups in total. The Bertz CT molecular complexity index is 1060. The molecular weight excluding hydrogens is 372 g/mol. The van der Waals surface area contributed by atoms with Crippen LogP contribution in [-0.2, 0) is 0 Å². The van der Waals surface area contributed by atoms with Crippen molar-refractivity contribution < 1.29 is 9.53 Å². The van der Waals surface area contributed by atoms with Gasteiger partial charge in [0.15, 0.2) is 0 Å². The molecule has 0 saturated carbocycles. The molecule has 3 aromatic rings. The van der Waals surface area contributed by atoms with E-state index in [1.54, 1.807) is 7.11 Å². The highest BCUT2D eigenvalue weighted by molar-refractivity contribution is 6.09. The maximum Gasteiger partial charge on any atom is 0.262 e. The number of carbonyl (C=O) groups is 1. The fourth-order valence-corrected chi connectivity index (χ4v) is 4.23. The molecule has 0 fully saturated rings. The number of amides is 1. The number of carbonyl (C=O) groups excluding carboxylic acids is 1. The number of fused-ring (bicyclic) bond motifs is 1. The smallest absolute Gasteiger partial charge is 0.262 e. The van der Waals surface area contributed by atoms with Crippen molar-refractivity contribution in [3.05, 3.63) is 89.0 Å². The van der Waals surface area contributed by atoms with E-state index in [-0.39, 0.29) is 18.0 Å². The number of nitrogens with zero attached hydrogens (tertiary/aromatic N) is 1. The fraction of sp³-hybridized carbons (Fsp3) is 0.269. The lowest BCUT2D eigenvalue weighted by Crippen LogP contribution is -2.44. The first-order chi connectivity index (χ1) is 14.5. The Kier molecular flexibility index (Phi) is 5.49. The largest absolute Gasteiger partial charge is 0.496 e. The molecule has 0 bridgehead atoms. The molecule has 4 nitrogen and oxygen atoms in total. The van der Waals surface area contributed by atoms with E-state index in [1.165, 1.54) is 11.1 Å². The van der Waals surface area contributed by atoms with Gasteiger partial charge >= 0.3 is 0 Å². The SMILES string of the molecule is COc1ccccc1C(=O)N1c2ccc(C)cc2[C@@H](Nc2ccc(C)cc2)C[C@H]1C. The third-order valence-corrected chi connectivity index (χ3v) is 5.78. The van der Waals surface area contributed by atoms with Crippen molar-refractivity contribution in [3.8, 4) is 5.75 Å².